The van der Waals surface area contributed by atoms with Crippen molar-refractivity contribution >= 4 is 71.1 Å². The van der Waals surface area contributed by atoms with E-state index in [0.29, 0.717) is 0 Å². The normalized spacial score (nSPS) is 11.5. The molecular formula is C60H39NO. The van der Waals surface area contributed by atoms with Gasteiger partial charge in [-0.1, -0.05) is 188 Å². The maximum Gasteiger partial charge on any atom is 0.136 e. The Morgan fingerprint density at radius 2 is 0.710 bits per heavy atom. The van der Waals surface area contributed by atoms with Crippen molar-refractivity contribution in [2.45, 2.75) is 0 Å². The lowest BCUT2D eigenvalue weighted by Crippen LogP contribution is -2.10. The van der Waals surface area contributed by atoms with Crippen LogP contribution in [-0.4, -0.2) is 0 Å². The van der Waals surface area contributed by atoms with Crippen LogP contribution in [0.15, 0.2) is 241 Å². The van der Waals surface area contributed by atoms with Crippen LogP contribution in [0.5, 0.6) is 0 Å². The van der Waals surface area contributed by atoms with Crippen molar-refractivity contribution in [2.24, 2.45) is 0 Å². The molecule has 0 spiro atoms. The predicted molar refractivity (Wildman–Crippen MR) is 263 cm³/mol. The van der Waals surface area contributed by atoms with E-state index in [1.54, 1.807) is 0 Å². The second-order valence-electron chi connectivity index (χ2n) is 16.1. The van der Waals surface area contributed by atoms with Gasteiger partial charge >= 0.3 is 0 Å². The zero-order valence-corrected chi connectivity index (χ0v) is 33.9. The first-order valence-electron chi connectivity index (χ1n) is 21.2. The van der Waals surface area contributed by atoms with E-state index in [1.165, 1.54) is 54.2 Å². The lowest BCUT2D eigenvalue weighted by atomic mass is 9.93. The van der Waals surface area contributed by atoms with Gasteiger partial charge in [-0.05, 0) is 120 Å². The van der Waals surface area contributed by atoms with Gasteiger partial charge in [-0.3, -0.25) is 0 Å². The third-order valence-corrected chi connectivity index (χ3v) is 12.5. The van der Waals surface area contributed by atoms with Crippen LogP contribution >= 0.6 is 0 Å². The molecule has 0 radical (unpaired) electrons. The first-order valence-corrected chi connectivity index (χ1v) is 21.2. The molecule has 0 aliphatic carbocycles. The molecule has 12 aromatic rings. The Kier molecular flexibility index (Phi) is 8.53. The SMILES string of the molecule is c1ccc(-c2cc3ccccc3o2)c(-c2ccc(-c3ccc(N(c4ccc(-c5cc6ccccc6c6ccccc56)cc4)c4cc5ccccc5c5ccccc45)cc3)cc2)c1. The fourth-order valence-electron chi connectivity index (χ4n) is 9.44. The number of nitrogens with zero attached hydrogens (tertiary/aromatic N) is 1. The van der Waals surface area contributed by atoms with E-state index in [1.807, 2.05) is 18.2 Å². The highest BCUT2D eigenvalue weighted by Gasteiger charge is 2.19. The van der Waals surface area contributed by atoms with E-state index in [0.717, 1.165) is 61.6 Å². The van der Waals surface area contributed by atoms with Crippen LogP contribution in [0, 0.1) is 0 Å². The summed E-state index contributed by atoms with van der Waals surface area (Å²) >= 11 is 0. The number of fused-ring (bicyclic) bond motifs is 7. The molecule has 0 saturated heterocycles. The van der Waals surface area contributed by atoms with Crippen molar-refractivity contribution in [3.8, 4) is 44.7 Å². The molecule has 0 fully saturated rings. The van der Waals surface area contributed by atoms with Crippen molar-refractivity contribution < 1.29 is 4.42 Å². The van der Waals surface area contributed by atoms with Gasteiger partial charge in [0.15, 0.2) is 0 Å². The van der Waals surface area contributed by atoms with Crippen LogP contribution in [0.25, 0.3) is 98.8 Å². The van der Waals surface area contributed by atoms with E-state index < -0.39 is 0 Å². The van der Waals surface area contributed by atoms with Crippen LogP contribution in [0.2, 0.25) is 0 Å². The van der Waals surface area contributed by atoms with E-state index in [9.17, 15) is 0 Å². The summed E-state index contributed by atoms with van der Waals surface area (Å²) in [4.78, 5) is 2.42. The molecule has 0 atom stereocenters. The summed E-state index contributed by atoms with van der Waals surface area (Å²) in [5.41, 5.74) is 12.4. The monoisotopic (exact) mass is 789 g/mol. The molecule has 2 nitrogen and oxygen atoms in total. The molecule has 0 amide bonds. The summed E-state index contributed by atoms with van der Waals surface area (Å²) in [5.74, 6) is 0.877. The molecule has 0 saturated carbocycles. The Bertz CT molecular complexity index is 3580. The lowest BCUT2D eigenvalue weighted by molar-refractivity contribution is 0.632. The van der Waals surface area contributed by atoms with Crippen molar-refractivity contribution in [3.05, 3.63) is 237 Å². The van der Waals surface area contributed by atoms with Crippen LogP contribution in [0.4, 0.5) is 17.1 Å². The smallest absolute Gasteiger partial charge is 0.136 e. The number of para-hydroxylation sites is 1. The second kappa shape index (κ2) is 14.8. The van der Waals surface area contributed by atoms with Gasteiger partial charge in [0.25, 0.3) is 0 Å². The number of furan rings is 1. The molecule has 62 heavy (non-hydrogen) atoms. The molecular weight excluding hydrogens is 751 g/mol. The van der Waals surface area contributed by atoms with Crippen LogP contribution < -0.4 is 4.90 Å². The quantitative estimate of drug-likeness (QED) is 0.150. The standard InChI is InChI=1S/C60H39NO/c1-4-17-50-44(13-1)37-57(54-21-8-7-19-52(50)54)43-31-35-48(36-32-43)61(58-38-45-14-2-5-18-51(45)53-20-9-10-22-55(53)58)47-33-29-41(30-34-47)40-25-27-42(28-26-40)49-16-6-11-23-56(49)60-39-46-15-3-12-24-59(46)62-60/h1-39H. The predicted octanol–water partition coefficient (Wildman–Crippen LogP) is 17.2. The zero-order valence-electron chi connectivity index (χ0n) is 33.9. The third kappa shape index (κ3) is 6.12. The Morgan fingerprint density at radius 1 is 0.274 bits per heavy atom. The Hall–Kier alpha value is -8.20. The van der Waals surface area contributed by atoms with Gasteiger partial charge < -0.3 is 9.32 Å². The van der Waals surface area contributed by atoms with Gasteiger partial charge in [0.1, 0.15) is 11.3 Å². The average molecular weight is 790 g/mol. The van der Waals surface area contributed by atoms with Gasteiger partial charge in [-0.25, -0.2) is 0 Å². The lowest BCUT2D eigenvalue weighted by Gasteiger charge is -2.28. The van der Waals surface area contributed by atoms with E-state index >= 15 is 0 Å². The highest BCUT2D eigenvalue weighted by atomic mass is 16.3. The minimum atomic E-state index is 0.877. The molecule has 290 valence electrons. The summed E-state index contributed by atoms with van der Waals surface area (Å²) in [6.07, 6.45) is 0. The maximum atomic E-state index is 6.30. The van der Waals surface area contributed by atoms with Crippen LogP contribution in [0.1, 0.15) is 0 Å². The van der Waals surface area contributed by atoms with Crippen molar-refractivity contribution in [1.29, 1.82) is 0 Å². The molecule has 0 unspecified atom stereocenters. The number of anilines is 3. The molecule has 0 aliphatic rings. The number of hydrogen-bond acceptors (Lipinski definition) is 2. The summed E-state index contributed by atoms with van der Waals surface area (Å²) in [6.45, 7) is 0. The van der Waals surface area contributed by atoms with E-state index in [-0.39, 0.29) is 0 Å². The topological polar surface area (TPSA) is 16.4 Å². The Balaban J connectivity index is 0.937. The van der Waals surface area contributed by atoms with Gasteiger partial charge in [0, 0.05) is 27.7 Å². The van der Waals surface area contributed by atoms with Crippen LogP contribution in [0.3, 0.4) is 0 Å². The van der Waals surface area contributed by atoms with Gasteiger partial charge in [0.2, 0.25) is 0 Å². The number of hydrogen-bond donors (Lipinski definition) is 0. The van der Waals surface area contributed by atoms with Crippen molar-refractivity contribution in [3.63, 3.8) is 0 Å². The van der Waals surface area contributed by atoms with Crippen molar-refractivity contribution in [1.82, 2.24) is 0 Å². The van der Waals surface area contributed by atoms with Gasteiger partial charge in [0.05, 0.1) is 5.69 Å². The summed E-state index contributed by atoms with van der Waals surface area (Å²) < 4.78 is 6.30. The minimum absolute atomic E-state index is 0.877. The van der Waals surface area contributed by atoms with Gasteiger partial charge in [-0.2, -0.15) is 0 Å². The number of rotatable bonds is 7. The molecule has 1 aromatic heterocycles. The summed E-state index contributed by atoms with van der Waals surface area (Å²) in [7, 11) is 0. The first kappa shape index (κ1) is 35.7. The van der Waals surface area contributed by atoms with Gasteiger partial charge in [-0.15, -0.1) is 0 Å². The molecule has 2 heteroatoms. The van der Waals surface area contributed by atoms with E-state index in [4.69, 9.17) is 4.42 Å². The molecule has 1 heterocycles. The highest BCUT2D eigenvalue weighted by molar-refractivity contribution is 6.15. The highest BCUT2D eigenvalue weighted by Crippen LogP contribution is 2.44. The molecule has 12 rings (SSSR count). The zero-order chi connectivity index (χ0) is 41.0. The fraction of sp³-hybridized carbons (Fsp3) is 0. The fourth-order valence-corrected chi connectivity index (χ4v) is 9.44. The second-order valence-corrected chi connectivity index (χ2v) is 16.1. The first-order chi connectivity index (χ1) is 30.7. The minimum Gasteiger partial charge on any atom is -0.456 e. The number of benzene rings is 11. The third-order valence-electron chi connectivity index (χ3n) is 12.5. The van der Waals surface area contributed by atoms with E-state index in [2.05, 4.69) is 223 Å². The summed E-state index contributed by atoms with van der Waals surface area (Å²) in [6, 6.07) is 85.5. The summed E-state index contributed by atoms with van der Waals surface area (Å²) in [5, 5.41) is 11.1. The van der Waals surface area contributed by atoms with Crippen molar-refractivity contribution in [2.75, 3.05) is 4.90 Å². The maximum absolute atomic E-state index is 6.30. The molecule has 11 aromatic carbocycles. The average Bonchev–Trinajstić information content (AvgIpc) is 3.79. The Labute approximate surface area is 360 Å². The largest absolute Gasteiger partial charge is 0.456 e. The molecule has 0 bridgehead atoms. The Morgan fingerprint density at radius 3 is 1.35 bits per heavy atom. The van der Waals surface area contributed by atoms with Crippen LogP contribution in [-0.2, 0) is 0 Å². The molecule has 0 N–H and O–H groups in total. The molecule has 0 aliphatic heterocycles.